The van der Waals surface area contributed by atoms with Crippen LogP contribution >= 0.6 is 0 Å². The van der Waals surface area contributed by atoms with Crippen LogP contribution in [0.4, 0.5) is 0 Å². The summed E-state index contributed by atoms with van der Waals surface area (Å²) in [6.07, 6.45) is 0. The molecule has 0 spiro atoms. The first-order valence-corrected chi connectivity index (χ1v) is 6.53. The zero-order chi connectivity index (χ0) is 15.7. The summed E-state index contributed by atoms with van der Waals surface area (Å²) in [5.41, 5.74) is 1.85. The first kappa shape index (κ1) is 16.7. The van der Waals surface area contributed by atoms with E-state index in [1.807, 2.05) is 19.0 Å². The Morgan fingerprint density at radius 1 is 1.48 bits per heavy atom. The van der Waals surface area contributed by atoms with Gasteiger partial charge in [0.1, 0.15) is 19.2 Å². The fraction of sp³-hybridized carbons (Fsp3) is 0.667. The van der Waals surface area contributed by atoms with Crippen LogP contribution in [-0.4, -0.2) is 74.2 Å². The lowest BCUT2D eigenvalue weighted by atomic mass is 10.4. The van der Waals surface area contributed by atoms with Crippen LogP contribution in [-0.2, 0) is 19.1 Å². The fourth-order valence-corrected chi connectivity index (χ4v) is 1.62. The summed E-state index contributed by atoms with van der Waals surface area (Å²) < 4.78 is 11.7. The number of morpholine rings is 1. The van der Waals surface area contributed by atoms with E-state index in [1.165, 1.54) is 0 Å². The molecule has 0 aromatic carbocycles. The highest BCUT2D eigenvalue weighted by molar-refractivity contribution is 6.42. The Morgan fingerprint density at radius 3 is 2.67 bits per heavy atom. The normalized spacial score (nSPS) is 15.0. The average Bonchev–Trinajstić information content (AvgIpc) is 2.48. The molecule has 21 heavy (non-hydrogen) atoms. The Kier molecular flexibility index (Phi) is 6.97. The molecule has 0 radical (unpaired) electrons. The second kappa shape index (κ2) is 8.76. The Hall–Kier alpha value is -2.34. The minimum absolute atomic E-state index is 0.170. The third-order valence-corrected chi connectivity index (χ3v) is 2.53. The number of ether oxygens (including phenoxy) is 2. The minimum atomic E-state index is -0.797. The topological polar surface area (TPSA) is 99.2 Å². The zero-order valence-electron chi connectivity index (χ0n) is 12.5. The van der Waals surface area contributed by atoms with Gasteiger partial charge in [-0.15, -0.1) is 10.7 Å². The molecule has 0 aromatic rings. The highest BCUT2D eigenvalue weighted by Gasteiger charge is 2.26. The Morgan fingerprint density at radius 2 is 2.14 bits per heavy atom. The van der Waals surface area contributed by atoms with Crippen LogP contribution in [0.3, 0.4) is 0 Å². The SMILES string of the molecule is CCOC(=O)/C(C#N)=N/NOC(N1CCOCC1)=[N+](C)C. The summed E-state index contributed by atoms with van der Waals surface area (Å²) in [6.45, 7) is 4.40. The zero-order valence-corrected chi connectivity index (χ0v) is 12.5. The second-order valence-corrected chi connectivity index (χ2v) is 4.26. The molecule has 0 amide bonds. The van der Waals surface area contributed by atoms with E-state index in [4.69, 9.17) is 14.8 Å². The molecular weight excluding hydrogens is 278 g/mol. The van der Waals surface area contributed by atoms with Gasteiger partial charge in [-0.2, -0.15) is 5.26 Å². The monoisotopic (exact) mass is 298 g/mol. The number of nitriles is 1. The van der Waals surface area contributed by atoms with Gasteiger partial charge in [0.25, 0.3) is 0 Å². The number of esters is 1. The van der Waals surface area contributed by atoms with E-state index in [0.717, 1.165) is 0 Å². The van der Waals surface area contributed by atoms with Gasteiger partial charge in [-0.25, -0.2) is 14.3 Å². The van der Waals surface area contributed by atoms with Crippen LogP contribution in [0.25, 0.3) is 0 Å². The smallest absolute Gasteiger partial charge is 0.461 e. The number of carbonyl (C=O) groups is 1. The Labute approximate surface area is 123 Å². The van der Waals surface area contributed by atoms with E-state index in [2.05, 4.69) is 15.4 Å². The number of hydrogen-bond acceptors (Lipinski definition) is 7. The van der Waals surface area contributed by atoms with Crippen molar-refractivity contribution in [1.82, 2.24) is 10.5 Å². The molecule has 1 N–H and O–H groups in total. The predicted octanol–water partition coefficient (Wildman–Crippen LogP) is -1.09. The maximum Gasteiger partial charge on any atom is 0.471 e. The average molecular weight is 298 g/mol. The molecule has 1 saturated heterocycles. The summed E-state index contributed by atoms with van der Waals surface area (Å²) in [5, 5.41) is 12.4. The van der Waals surface area contributed by atoms with Gasteiger partial charge >= 0.3 is 12.0 Å². The van der Waals surface area contributed by atoms with Crippen LogP contribution in [0.5, 0.6) is 0 Å². The van der Waals surface area contributed by atoms with Gasteiger partial charge < -0.3 is 9.47 Å². The van der Waals surface area contributed by atoms with Gasteiger partial charge in [-0.05, 0) is 6.92 Å². The number of nitrogens with zero attached hydrogens (tertiary/aromatic N) is 4. The molecule has 1 heterocycles. The lowest BCUT2D eigenvalue weighted by Gasteiger charge is -2.22. The quantitative estimate of drug-likeness (QED) is 0.231. The Balaban J connectivity index is 2.63. The first-order valence-electron chi connectivity index (χ1n) is 6.53. The third kappa shape index (κ3) is 5.27. The maximum atomic E-state index is 11.4. The van der Waals surface area contributed by atoms with Crippen molar-refractivity contribution in [3.05, 3.63) is 0 Å². The van der Waals surface area contributed by atoms with Crippen LogP contribution in [0, 0.1) is 11.3 Å². The molecule has 9 heteroatoms. The van der Waals surface area contributed by atoms with E-state index >= 15 is 0 Å². The molecule has 1 aliphatic rings. The molecule has 0 bridgehead atoms. The van der Waals surface area contributed by atoms with Crippen molar-refractivity contribution in [3.8, 4) is 6.07 Å². The lowest BCUT2D eigenvalue weighted by Crippen LogP contribution is -2.46. The van der Waals surface area contributed by atoms with E-state index in [0.29, 0.717) is 32.3 Å². The fourth-order valence-electron chi connectivity index (χ4n) is 1.62. The molecule has 0 aliphatic carbocycles. The number of amidine groups is 1. The van der Waals surface area contributed by atoms with Crippen molar-refractivity contribution in [2.75, 3.05) is 47.0 Å². The molecule has 0 atom stereocenters. The van der Waals surface area contributed by atoms with Crippen molar-refractivity contribution < 1.29 is 23.7 Å². The molecule has 1 fully saturated rings. The molecule has 116 valence electrons. The summed E-state index contributed by atoms with van der Waals surface area (Å²) >= 11 is 0. The van der Waals surface area contributed by atoms with Gasteiger partial charge in [0, 0.05) is 0 Å². The highest BCUT2D eigenvalue weighted by atomic mass is 16.7. The van der Waals surface area contributed by atoms with Crippen LogP contribution < -0.4 is 5.59 Å². The number of carbonyl (C=O) groups excluding carboxylic acids is 1. The van der Waals surface area contributed by atoms with E-state index < -0.39 is 11.7 Å². The van der Waals surface area contributed by atoms with E-state index in [1.54, 1.807) is 17.6 Å². The number of nitrogens with one attached hydrogen (secondary N) is 1. The van der Waals surface area contributed by atoms with Crippen molar-refractivity contribution >= 4 is 17.7 Å². The predicted molar refractivity (Wildman–Crippen MR) is 73.4 cm³/mol. The molecule has 0 aromatic heterocycles. The van der Waals surface area contributed by atoms with Gasteiger partial charge in [-0.1, -0.05) is 0 Å². The molecule has 9 nitrogen and oxygen atoms in total. The third-order valence-electron chi connectivity index (χ3n) is 2.53. The van der Waals surface area contributed by atoms with Crippen LogP contribution in [0.2, 0.25) is 0 Å². The summed E-state index contributed by atoms with van der Waals surface area (Å²) in [5.74, 6) is -0.797. The van der Waals surface area contributed by atoms with Gasteiger partial charge in [0.05, 0.1) is 33.9 Å². The van der Waals surface area contributed by atoms with Gasteiger partial charge in [0.15, 0.2) is 0 Å². The maximum absolute atomic E-state index is 11.4. The van der Waals surface area contributed by atoms with Crippen molar-refractivity contribution in [3.63, 3.8) is 0 Å². The van der Waals surface area contributed by atoms with Gasteiger partial charge in [-0.3, -0.25) is 4.84 Å². The number of hydrazone groups is 1. The van der Waals surface area contributed by atoms with Crippen LogP contribution in [0.1, 0.15) is 6.92 Å². The van der Waals surface area contributed by atoms with Crippen LogP contribution in [0.15, 0.2) is 5.10 Å². The van der Waals surface area contributed by atoms with E-state index in [9.17, 15) is 4.79 Å². The Bertz CT molecular complexity index is 459. The minimum Gasteiger partial charge on any atom is -0.461 e. The van der Waals surface area contributed by atoms with Crippen molar-refractivity contribution in [1.29, 1.82) is 5.26 Å². The van der Waals surface area contributed by atoms with E-state index in [-0.39, 0.29) is 6.61 Å². The standard InChI is InChI=1S/C12H19N5O4/c1-4-20-11(18)10(9-13)14-15-21-12(16(2)3)17-5-7-19-8-6-17/h4-8H2,1-3H3/p+1. The van der Waals surface area contributed by atoms with Crippen molar-refractivity contribution in [2.45, 2.75) is 6.92 Å². The molecule has 1 rings (SSSR count). The largest absolute Gasteiger partial charge is 0.471 e. The first-order chi connectivity index (χ1) is 10.1. The number of hydrogen-bond donors (Lipinski definition) is 1. The summed E-state index contributed by atoms with van der Waals surface area (Å²) in [7, 11) is 3.62. The molecule has 0 unspecified atom stereocenters. The lowest BCUT2D eigenvalue weighted by molar-refractivity contribution is -0.483. The molecule has 0 saturated carbocycles. The van der Waals surface area contributed by atoms with Gasteiger partial charge in [0.2, 0.25) is 5.71 Å². The number of rotatable bonds is 4. The second-order valence-electron chi connectivity index (χ2n) is 4.26. The molecule has 1 aliphatic heterocycles. The highest BCUT2D eigenvalue weighted by Crippen LogP contribution is 1.99. The van der Waals surface area contributed by atoms with Crippen molar-refractivity contribution in [2.24, 2.45) is 5.10 Å². The summed E-state index contributed by atoms with van der Waals surface area (Å²) in [6, 6.07) is 2.16. The molecular formula is C12H20N5O4+. The summed E-state index contributed by atoms with van der Waals surface area (Å²) in [4.78, 5) is 18.7.